The van der Waals surface area contributed by atoms with Gasteiger partial charge in [0, 0.05) is 36.0 Å². The molecular formula is C24H27F2N5O4. The SMILES string of the molecule is COC(=O)c1cnc(OC2CC3CNC(N)=C(/C=C(\N)c4cccc(F)c4OC)N3C2)c(F)c1C. The number of benzene rings is 1. The minimum atomic E-state index is -0.714. The van der Waals surface area contributed by atoms with E-state index in [-0.39, 0.29) is 34.5 Å². The first kappa shape index (κ1) is 24.1. The second kappa shape index (κ2) is 9.69. The largest absolute Gasteiger partial charge is 0.493 e. The van der Waals surface area contributed by atoms with Gasteiger partial charge >= 0.3 is 5.97 Å². The van der Waals surface area contributed by atoms with Crippen LogP contribution in [-0.2, 0) is 4.74 Å². The fraction of sp³-hybridized carbons (Fsp3) is 0.333. The number of allylic oxidation sites excluding steroid dienone is 1. The molecule has 0 aliphatic carbocycles. The zero-order valence-electron chi connectivity index (χ0n) is 19.6. The number of ether oxygens (including phenoxy) is 3. The smallest absolute Gasteiger partial charge is 0.339 e. The molecule has 0 bridgehead atoms. The van der Waals surface area contributed by atoms with Crippen molar-refractivity contribution in [2.24, 2.45) is 11.5 Å². The highest BCUT2D eigenvalue weighted by Gasteiger charge is 2.38. The maximum Gasteiger partial charge on any atom is 0.339 e. The number of para-hydroxylation sites is 1. The Balaban J connectivity index is 1.56. The Kier molecular flexibility index (Phi) is 6.68. The lowest BCUT2D eigenvalue weighted by atomic mass is 10.1. The van der Waals surface area contributed by atoms with Crippen molar-refractivity contribution in [3.8, 4) is 11.6 Å². The van der Waals surface area contributed by atoms with Gasteiger partial charge in [-0.1, -0.05) is 6.07 Å². The number of carbonyl (C=O) groups excluding carboxylic acids is 1. The molecule has 2 aromatic rings. The van der Waals surface area contributed by atoms with Gasteiger partial charge in [-0.3, -0.25) is 0 Å². The molecule has 2 atom stereocenters. The molecule has 0 spiro atoms. The molecule has 11 heteroatoms. The Bertz CT molecular complexity index is 1220. The van der Waals surface area contributed by atoms with Crippen molar-refractivity contribution in [2.45, 2.75) is 25.5 Å². The van der Waals surface area contributed by atoms with Gasteiger partial charge in [-0.25, -0.2) is 18.6 Å². The summed E-state index contributed by atoms with van der Waals surface area (Å²) in [7, 11) is 2.59. The number of rotatable bonds is 6. The second-order valence-electron chi connectivity index (χ2n) is 8.29. The summed E-state index contributed by atoms with van der Waals surface area (Å²) in [5, 5.41) is 3.15. The maximum absolute atomic E-state index is 14.9. The first-order chi connectivity index (χ1) is 16.7. The molecule has 2 aliphatic heterocycles. The number of carbonyl (C=O) groups is 1. The number of esters is 1. The van der Waals surface area contributed by atoms with E-state index in [1.54, 1.807) is 18.2 Å². The molecular weight excluding hydrogens is 460 g/mol. The summed E-state index contributed by atoms with van der Waals surface area (Å²) in [5.74, 6) is -1.66. The summed E-state index contributed by atoms with van der Waals surface area (Å²) in [6, 6.07) is 4.49. The van der Waals surface area contributed by atoms with Crippen LogP contribution in [0.2, 0.25) is 0 Å². The fourth-order valence-electron chi connectivity index (χ4n) is 4.36. The number of aromatic nitrogens is 1. The normalized spacial score (nSPS) is 19.8. The second-order valence-corrected chi connectivity index (χ2v) is 8.29. The topological polar surface area (TPSA) is 125 Å². The molecule has 0 saturated carbocycles. The number of hydrogen-bond donors (Lipinski definition) is 3. The number of nitrogens with zero attached hydrogens (tertiary/aromatic N) is 2. The number of halogens is 2. The molecule has 2 unspecified atom stereocenters. The molecule has 35 heavy (non-hydrogen) atoms. The lowest BCUT2D eigenvalue weighted by Crippen LogP contribution is -2.45. The Labute approximate surface area is 201 Å². The van der Waals surface area contributed by atoms with Gasteiger partial charge in [0.1, 0.15) is 11.9 Å². The van der Waals surface area contributed by atoms with E-state index in [4.69, 9.17) is 20.9 Å². The lowest BCUT2D eigenvalue weighted by Gasteiger charge is -2.34. The molecule has 1 aromatic heterocycles. The average molecular weight is 488 g/mol. The number of pyridine rings is 1. The Hall–Kier alpha value is -4.02. The maximum atomic E-state index is 14.9. The summed E-state index contributed by atoms with van der Waals surface area (Å²) in [6.45, 7) is 2.42. The highest BCUT2D eigenvalue weighted by molar-refractivity contribution is 5.90. The quantitative estimate of drug-likeness (QED) is 0.525. The lowest BCUT2D eigenvalue weighted by molar-refractivity contribution is 0.0598. The zero-order chi connectivity index (χ0) is 25.3. The van der Waals surface area contributed by atoms with Crippen LogP contribution in [-0.4, -0.2) is 55.3 Å². The van der Waals surface area contributed by atoms with Crippen molar-refractivity contribution in [3.63, 3.8) is 0 Å². The minimum Gasteiger partial charge on any atom is -0.493 e. The molecule has 5 N–H and O–H groups in total. The third kappa shape index (κ3) is 4.53. The van der Waals surface area contributed by atoms with E-state index in [0.29, 0.717) is 36.6 Å². The monoisotopic (exact) mass is 487 g/mol. The van der Waals surface area contributed by atoms with E-state index in [0.717, 1.165) is 0 Å². The van der Waals surface area contributed by atoms with Gasteiger partial charge in [0.15, 0.2) is 17.4 Å². The van der Waals surface area contributed by atoms with Crippen molar-refractivity contribution in [1.82, 2.24) is 15.2 Å². The zero-order valence-corrected chi connectivity index (χ0v) is 19.6. The number of fused-ring (bicyclic) bond motifs is 1. The van der Waals surface area contributed by atoms with E-state index in [1.807, 2.05) is 4.90 Å². The first-order valence-electron chi connectivity index (χ1n) is 11.0. The number of nitrogens with one attached hydrogen (secondary N) is 1. The molecule has 0 amide bonds. The standard InChI is InChI=1S/C24H27F2N5O4/c1-12-16(24(32)34-3)10-30-23(20(12)26)35-14-7-13-9-29-22(28)19(31(13)11-14)8-18(27)15-5-4-6-17(25)21(15)33-2/h4-6,8,10,13-14,29H,7,9,11,27-28H2,1-3H3/b18-8-. The highest BCUT2D eigenvalue weighted by atomic mass is 19.1. The molecule has 186 valence electrons. The van der Waals surface area contributed by atoms with Crippen LogP contribution >= 0.6 is 0 Å². The van der Waals surface area contributed by atoms with Crippen molar-refractivity contribution < 1.29 is 27.8 Å². The van der Waals surface area contributed by atoms with Crippen LogP contribution in [0.5, 0.6) is 11.6 Å². The Morgan fingerprint density at radius 2 is 2.06 bits per heavy atom. The van der Waals surface area contributed by atoms with Crippen LogP contribution in [0.4, 0.5) is 8.78 Å². The Morgan fingerprint density at radius 1 is 1.29 bits per heavy atom. The molecule has 1 fully saturated rings. The molecule has 3 heterocycles. The van der Waals surface area contributed by atoms with Crippen LogP contribution in [0.15, 0.2) is 42.0 Å². The summed E-state index contributed by atoms with van der Waals surface area (Å²) in [5.41, 5.74) is 13.9. The summed E-state index contributed by atoms with van der Waals surface area (Å²) >= 11 is 0. The molecule has 1 saturated heterocycles. The Morgan fingerprint density at radius 3 is 2.77 bits per heavy atom. The molecule has 9 nitrogen and oxygen atoms in total. The van der Waals surface area contributed by atoms with Gasteiger partial charge in [-0.05, 0) is 25.1 Å². The van der Waals surface area contributed by atoms with Crippen LogP contribution in [0.25, 0.3) is 5.70 Å². The van der Waals surface area contributed by atoms with Gasteiger partial charge in [0.2, 0.25) is 0 Å². The molecule has 4 rings (SSSR count). The summed E-state index contributed by atoms with van der Waals surface area (Å²) in [4.78, 5) is 17.8. The predicted molar refractivity (Wildman–Crippen MR) is 124 cm³/mol. The average Bonchev–Trinajstić information content (AvgIpc) is 3.26. The van der Waals surface area contributed by atoms with Crippen LogP contribution in [0, 0.1) is 18.6 Å². The summed E-state index contributed by atoms with van der Waals surface area (Å²) in [6.07, 6.45) is 3.07. The van der Waals surface area contributed by atoms with Crippen LogP contribution in [0.1, 0.15) is 27.9 Å². The highest BCUT2D eigenvalue weighted by Crippen LogP contribution is 2.33. The first-order valence-corrected chi connectivity index (χ1v) is 11.0. The van der Waals surface area contributed by atoms with Crippen molar-refractivity contribution in [2.75, 3.05) is 27.3 Å². The fourth-order valence-corrected chi connectivity index (χ4v) is 4.36. The van der Waals surface area contributed by atoms with Gasteiger partial charge in [-0.2, -0.15) is 0 Å². The van der Waals surface area contributed by atoms with Gasteiger partial charge < -0.3 is 35.9 Å². The van der Waals surface area contributed by atoms with Crippen LogP contribution < -0.4 is 26.3 Å². The minimum absolute atomic E-state index is 0.000689. The number of hydrogen-bond acceptors (Lipinski definition) is 9. The van der Waals surface area contributed by atoms with E-state index in [9.17, 15) is 13.6 Å². The molecule has 1 aromatic carbocycles. The van der Waals surface area contributed by atoms with Gasteiger partial charge in [-0.15, -0.1) is 0 Å². The molecule has 0 radical (unpaired) electrons. The molecule has 2 aliphatic rings. The van der Waals surface area contributed by atoms with Gasteiger partial charge in [0.05, 0.1) is 38.1 Å². The number of nitrogens with two attached hydrogens (primary N) is 2. The van der Waals surface area contributed by atoms with E-state index in [2.05, 4.69) is 15.0 Å². The van der Waals surface area contributed by atoms with Gasteiger partial charge in [0.25, 0.3) is 5.88 Å². The van der Waals surface area contributed by atoms with E-state index < -0.39 is 23.7 Å². The van der Waals surface area contributed by atoms with E-state index >= 15 is 0 Å². The third-order valence-electron chi connectivity index (χ3n) is 6.18. The van der Waals surface area contributed by atoms with Crippen molar-refractivity contribution in [3.05, 3.63) is 70.3 Å². The third-order valence-corrected chi connectivity index (χ3v) is 6.18. The van der Waals surface area contributed by atoms with E-state index in [1.165, 1.54) is 33.4 Å². The van der Waals surface area contributed by atoms with Crippen molar-refractivity contribution >= 4 is 11.7 Å². The summed E-state index contributed by atoms with van der Waals surface area (Å²) < 4.78 is 44.7. The van der Waals surface area contributed by atoms with Crippen LogP contribution in [0.3, 0.4) is 0 Å². The predicted octanol–water partition coefficient (Wildman–Crippen LogP) is 2.02. The van der Waals surface area contributed by atoms with Crippen molar-refractivity contribution in [1.29, 1.82) is 0 Å². The number of methoxy groups -OCH3 is 2.